The highest BCUT2D eigenvalue weighted by atomic mass is 79.9. The van der Waals surface area contributed by atoms with Gasteiger partial charge in [-0.3, -0.25) is 4.79 Å². The zero-order chi connectivity index (χ0) is 22.6. The van der Waals surface area contributed by atoms with Crippen molar-refractivity contribution in [3.63, 3.8) is 0 Å². The molecule has 3 rings (SSSR count). The molecule has 0 spiro atoms. The normalized spacial score (nSPS) is 11.0. The molecule has 0 bridgehead atoms. The Labute approximate surface area is 189 Å². The third kappa shape index (κ3) is 5.29. The Morgan fingerprint density at radius 1 is 1.29 bits per heavy atom. The number of nitrogens with one attached hydrogen (secondary N) is 2. The number of alkyl halides is 3. The van der Waals surface area contributed by atoms with E-state index in [4.69, 9.17) is 4.74 Å². The quantitative estimate of drug-likeness (QED) is 0.367. The molecule has 2 N–H and O–H groups in total. The van der Waals surface area contributed by atoms with Crippen LogP contribution in [0.2, 0.25) is 0 Å². The second kappa shape index (κ2) is 9.58. The molecule has 0 aliphatic heterocycles. The van der Waals surface area contributed by atoms with Gasteiger partial charge in [0.25, 0.3) is 5.91 Å². The van der Waals surface area contributed by atoms with Gasteiger partial charge in [0, 0.05) is 29.5 Å². The molecule has 0 radical (unpaired) electrons. The minimum absolute atomic E-state index is 0.0142. The summed E-state index contributed by atoms with van der Waals surface area (Å²) in [6, 6.07) is 10.0. The van der Waals surface area contributed by atoms with Gasteiger partial charge in [0.2, 0.25) is 0 Å². The highest BCUT2D eigenvalue weighted by Gasteiger charge is 2.32. The van der Waals surface area contributed by atoms with Crippen LogP contribution in [-0.2, 0) is 0 Å². The van der Waals surface area contributed by atoms with Crippen molar-refractivity contribution in [1.29, 1.82) is 0 Å². The summed E-state index contributed by atoms with van der Waals surface area (Å²) in [5, 5.41) is 5.56. The smallest absolute Gasteiger partial charge is 0.447 e. The van der Waals surface area contributed by atoms with Crippen molar-refractivity contribution in [1.82, 2.24) is 9.72 Å². The fourth-order valence-electron chi connectivity index (χ4n) is 2.92. The molecule has 0 fully saturated rings. The summed E-state index contributed by atoms with van der Waals surface area (Å²) in [5.41, 5.74) is -2.80. The Morgan fingerprint density at radius 2 is 2.06 bits per heavy atom. The average Bonchev–Trinajstić information content (AvgIpc) is 3.07. The van der Waals surface area contributed by atoms with Crippen molar-refractivity contribution in [2.45, 2.75) is 10.5 Å². The number of nitrogens with zero attached hydrogens (tertiary/aromatic N) is 1. The van der Waals surface area contributed by atoms with Gasteiger partial charge in [-0.25, -0.2) is 0 Å². The van der Waals surface area contributed by atoms with Crippen molar-refractivity contribution < 1.29 is 22.7 Å². The van der Waals surface area contributed by atoms with Gasteiger partial charge in [0.15, 0.2) is 0 Å². The number of aromatic nitrogens is 1. The van der Waals surface area contributed by atoms with Gasteiger partial charge >= 0.3 is 5.51 Å². The maximum absolute atomic E-state index is 13.1. The van der Waals surface area contributed by atoms with Crippen molar-refractivity contribution in [2.24, 2.45) is 0 Å². The first-order valence-electron chi connectivity index (χ1n) is 8.92. The van der Waals surface area contributed by atoms with E-state index in [2.05, 4.69) is 38.4 Å². The molecule has 0 unspecified atom stereocenters. The van der Waals surface area contributed by atoms with E-state index in [0.29, 0.717) is 27.0 Å². The van der Waals surface area contributed by atoms with Gasteiger partial charge in [0.1, 0.15) is 10.8 Å². The SMILES string of the molecule is CNC(=O)c1cccc(OC)c1NCC#Cc1cc2c(Br)cccn2c1SC(F)(F)F. The average molecular weight is 512 g/mol. The first kappa shape index (κ1) is 22.9. The molecule has 0 aliphatic carbocycles. The molecule has 31 heavy (non-hydrogen) atoms. The summed E-state index contributed by atoms with van der Waals surface area (Å²) >= 11 is 3.15. The summed E-state index contributed by atoms with van der Waals surface area (Å²) in [6.07, 6.45) is 1.56. The number of para-hydroxylation sites is 1. The van der Waals surface area contributed by atoms with E-state index >= 15 is 0 Å². The molecule has 10 heteroatoms. The van der Waals surface area contributed by atoms with Gasteiger partial charge in [0.05, 0.1) is 36.0 Å². The van der Waals surface area contributed by atoms with E-state index in [1.807, 2.05) is 0 Å². The van der Waals surface area contributed by atoms with Crippen LogP contribution in [0.25, 0.3) is 5.52 Å². The van der Waals surface area contributed by atoms with E-state index in [0.717, 1.165) is 0 Å². The van der Waals surface area contributed by atoms with E-state index in [1.54, 1.807) is 42.6 Å². The van der Waals surface area contributed by atoms with Crippen LogP contribution in [0.15, 0.2) is 52.1 Å². The van der Waals surface area contributed by atoms with Crippen molar-refractivity contribution in [2.75, 3.05) is 26.0 Å². The summed E-state index contributed by atoms with van der Waals surface area (Å²) in [6.45, 7) is 0.0911. The van der Waals surface area contributed by atoms with Gasteiger partial charge in [-0.05, 0) is 46.3 Å². The molecule has 0 saturated carbocycles. The predicted octanol–water partition coefficient (Wildman–Crippen LogP) is 5.15. The molecule has 0 atom stereocenters. The largest absolute Gasteiger partial charge is 0.495 e. The molecule has 2 aromatic heterocycles. The lowest BCUT2D eigenvalue weighted by atomic mass is 10.1. The maximum atomic E-state index is 13.1. The molecule has 1 aromatic carbocycles. The van der Waals surface area contributed by atoms with Gasteiger partial charge in [-0.1, -0.05) is 17.9 Å². The van der Waals surface area contributed by atoms with E-state index < -0.39 is 5.51 Å². The van der Waals surface area contributed by atoms with Crippen LogP contribution in [0.1, 0.15) is 15.9 Å². The summed E-state index contributed by atoms with van der Waals surface area (Å²) in [7, 11) is 2.99. The Bertz CT molecular complexity index is 1180. The Hall–Kier alpha value is -2.77. The van der Waals surface area contributed by atoms with Crippen molar-refractivity contribution in [3.8, 4) is 17.6 Å². The van der Waals surface area contributed by atoms with Gasteiger partial charge < -0.3 is 19.8 Å². The molecular weight excluding hydrogens is 495 g/mol. The second-order valence-electron chi connectivity index (χ2n) is 6.14. The lowest BCUT2D eigenvalue weighted by molar-refractivity contribution is -0.0329. The number of amides is 1. The van der Waals surface area contributed by atoms with E-state index in [9.17, 15) is 18.0 Å². The van der Waals surface area contributed by atoms with Crippen LogP contribution in [0.4, 0.5) is 18.9 Å². The third-order valence-corrected chi connectivity index (χ3v) is 5.73. The minimum atomic E-state index is -4.45. The van der Waals surface area contributed by atoms with Crippen molar-refractivity contribution >= 4 is 44.8 Å². The fraction of sp³-hybridized carbons (Fsp3) is 0.190. The van der Waals surface area contributed by atoms with Crippen LogP contribution < -0.4 is 15.4 Å². The first-order valence-corrected chi connectivity index (χ1v) is 10.5. The number of rotatable bonds is 5. The molecule has 0 saturated heterocycles. The second-order valence-corrected chi connectivity index (χ2v) is 8.05. The van der Waals surface area contributed by atoms with Crippen LogP contribution in [-0.4, -0.2) is 36.5 Å². The number of ether oxygens (including phenoxy) is 1. The minimum Gasteiger partial charge on any atom is -0.495 e. The molecule has 2 heterocycles. The molecule has 162 valence electrons. The number of methoxy groups -OCH3 is 1. The summed E-state index contributed by atoms with van der Waals surface area (Å²) < 4.78 is 46.7. The number of hydrogen-bond acceptors (Lipinski definition) is 4. The number of benzene rings is 1. The molecule has 1 amide bonds. The van der Waals surface area contributed by atoms with Gasteiger partial charge in [-0.2, -0.15) is 13.2 Å². The number of halogens is 4. The Kier molecular flexibility index (Phi) is 7.08. The number of carbonyl (C=O) groups is 1. The Morgan fingerprint density at radius 3 is 2.74 bits per heavy atom. The highest BCUT2D eigenvalue weighted by molar-refractivity contribution is 9.10. The maximum Gasteiger partial charge on any atom is 0.447 e. The van der Waals surface area contributed by atoms with Crippen molar-refractivity contribution in [3.05, 3.63) is 58.2 Å². The number of thioether (sulfide) groups is 1. The van der Waals surface area contributed by atoms with E-state index in [1.165, 1.54) is 18.6 Å². The van der Waals surface area contributed by atoms with Gasteiger partial charge in [-0.15, -0.1) is 0 Å². The Balaban J connectivity index is 1.91. The highest BCUT2D eigenvalue weighted by Crippen LogP contribution is 2.40. The van der Waals surface area contributed by atoms with Crippen LogP contribution in [0.5, 0.6) is 5.75 Å². The van der Waals surface area contributed by atoms with E-state index in [-0.39, 0.29) is 34.8 Å². The number of fused-ring (bicyclic) bond motifs is 1. The zero-order valence-corrected chi connectivity index (χ0v) is 18.8. The predicted molar refractivity (Wildman–Crippen MR) is 119 cm³/mol. The molecule has 5 nitrogen and oxygen atoms in total. The molecule has 3 aromatic rings. The van der Waals surface area contributed by atoms with Crippen LogP contribution in [0, 0.1) is 11.8 Å². The lowest BCUT2D eigenvalue weighted by Crippen LogP contribution is -2.20. The monoisotopic (exact) mass is 511 g/mol. The summed E-state index contributed by atoms with van der Waals surface area (Å²) in [5.74, 6) is 5.79. The molecular formula is C21H17BrF3N3O2S. The summed E-state index contributed by atoms with van der Waals surface area (Å²) in [4.78, 5) is 12.1. The number of hydrogen-bond donors (Lipinski definition) is 2. The lowest BCUT2D eigenvalue weighted by Gasteiger charge is -2.13. The fourth-order valence-corrected chi connectivity index (χ4v) is 4.08. The first-order chi connectivity index (χ1) is 14.7. The topological polar surface area (TPSA) is 54.8 Å². The number of anilines is 1. The van der Waals surface area contributed by atoms with Crippen LogP contribution in [0.3, 0.4) is 0 Å². The standard InChI is InChI=1S/C21H17BrF3N3O2S/c1-26-19(29)14-7-3-9-17(30-2)18(14)27-10-4-6-13-12-16-15(22)8-5-11-28(16)20(13)31-21(23,24)25/h3,5,7-9,11-12,27H,10H2,1-2H3,(H,26,29). The molecule has 0 aliphatic rings. The number of pyridine rings is 1. The van der Waals surface area contributed by atoms with Crippen LogP contribution >= 0.6 is 27.7 Å². The third-order valence-electron chi connectivity index (χ3n) is 4.22. The number of carbonyl (C=O) groups excluding carboxylic acids is 1. The zero-order valence-electron chi connectivity index (χ0n) is 16.4.